The standard InChI is InChI=1S/C16H18N2O.C9H10O4/c1-13-7-9-15(10-8-13)18-16(19)17-12-11-14-5-3-2-4-6-14;1-9(8(12)13)4-2-3-6(5-9)7(10)11/h2-10H,11-12H2,1H3,(H2,17,18,19);2-4H,5H2,1H3,(H,10,11)(H,12,13). The van der Waals surface area contributed by atoms with Crippen molar-refractivity contribution in [2.75, 3.05) is 11.9 Å². The van der Waals surface area contributed by atoms with Gasteiger partial charge in [-0.1, -0.05) is 66.3 Å². The maximum absolute atomic E-state index is 11.7. The molecule has 1 aliphatic rings. The minimum atomic E-state index is -1.08. The van der Waals surface area contributed by atoms with E-state index in [1.54, 1.807) is 0 Å². The maximum Gasteiger partial charge on any atom is 0.331 e. The molecule has 0 bridgehead atoms. The number of nitrogens with one attached hydrogen (secondary N) is 2. The molecule has 3 rings (SSSR count). The molecule has 0 radical (unpaired) electrons. The van der Waals surface area contributed by atoms with Crippen molar-refractivity contribution in [2.45, 2.75) is 26.7 Å². The molecule has 0 aromatic heterocycles. The Kier molecular flexibility index (Phi) is 8.77. The lowest BCUT2D eigenvalue weighted by molar-refractivity contribution is -0.145. The van der Waals surface area contributed by atoms with Gasteiger partial charge in [0.15, 0.2) is 0 Å². The van der Waals surface area contributed by atoms with E-state index in [4.69, 9.17) is 10.2 Å². The third-order valence-corrected chi connectivity index (χ3v) is 4.93. The molecule has 0 fully saturated rings. The van der Waals surface area contributed by atoms with Gasteiger partial charge in [0.1, 0.15) is 0 Å². The van der Waals surface area contributed by atoms with Gasteiger partial charge in [0, 0.05) is 17.8 Å². The Bertz CT molecular complexity index is 997. The summed E-state index contributed by atoms with van der Waals surface area (Å²) in [6.07, 6.45) is 5.27. The number of allylic oxidation sites excluding steroid dienone is 2. The Morgan fingerprint density at radius 1 is 1.00 bits per heavy atom. The van der Waals surface area contributed by atoms with Crippen molar-refractivity contribution in [3.05, 3.63) is 89.5 Å². The number of hydrogen-bond acceptors (Lipinski definition) is 3. The van der Waals surface area contributed by atoms with Gasteiger partial charge in [-0.2, -0.15) is 0 Å². The molecule has 0 spiro atoms. The topological polar surface area (TPSA) is 116 Å². The summed E-state index contributed by atoms with van der Waals surface area (Å²) < 4.78 is 0. The lowest BCUT2D eigenvalue weighted by Gasteiger charge is -2.23. The molecular weight excluding hydrogens is 408 g/mol. The fraction of sp³-hybridized carbons (Fsp3) is 0.240. The molecule has 168 valence electrons. The van der Waals surface area contributed by atoms with E-state index < -0.39 is 17.4 Å². The van der Waals surface area contributed by atoms with E-state index in [9.17, 15) is 14.4 Å². The number of aliphatic carboxylic acids is 2. The van der Waals surface area contributed by atoms with E-state index in [2.05, 4.69) is 22.8 Å². The minimum Gasteiger partial charge on any atom is -0.481 e. The van der Waals surface area contributed by atoms with Crippen molar-refractivity contribution in [3.8, 4) is 0 Å². The fourth-order valence-electron chi connectivity index (χ4n) is 2.96. The Morgan fingerprint density at radius 2 is 1.66 bits per heavy atom. The second kappa shape index (κ2) is 11.5. The summed E-state index contributed by atoms with van der Waals surface area (Å²) >= 11 is 0. The van der Waals surface area contributed by atoms with Crippen LogP contribution in [0.5, 0.6) is 0 Å². The predicted octanol–water partition coefficient (Wildman–Crippen LogP) is 4.41. The van der Waals surface area contributed by atoms with Crippen LogP contribution in [-0.4, -0.2) is 34.7 Å². The summed E-state index contributed by atoms with van der Waals surface area (Å²) in [7, 11) is 0. The lowest BCUT2D eigenvalue weighted by Crippen LogP contribution is -2.30. The van der Waals surface area contributed by atoms with Crippen LogP contribution in [0, 0.1) is 12.3 Å². The summed E-state index contributed by atoms with van der Waals surface area (Å²) in [4.78, 5) is 33.0. The highest BCUT2D eigenvalue weighted by Crippen LogP contribution is 2.31. The molecule has 2 amide bonds. The molecule has 0 aliphatic heterocycles. The van der Waals surface area contributed by atoms with Crippen LogP contribution in [0.1, 0.15) is 24.5 Å². The summed E-state index contributed by atoms with van der Waals surface area (Å²) in [5, 5.41) is 23.1. The third kappa shape index (κ3) is 7.75. The van der Waals surface area contributed by atoms with Crippen molar-refractivity contribution in [1.82, 2.24) is 5.32 Å². The van der Waals surface area contributed by atoms with Gasteiger partial charge in [-0.3, -0.25) is 4.79 Å². The summed E-state index contributed by atoms with van der Waals surface area (Å²) in [6, 6.07) is 17.7. The van der Waals surface area contributed by atoms with Crippen LogP contribution < -0.4 is 10.6 Å². The Hall–Kier alpha value is -3.87. The fourth-order valence-corrected chi connectivity index (χ4v) is 2.96. The first-order valence-electron chi connectivity index (χ1n) is 10.2. The first kappa shape index (κ1) is 24.4. The van der Waals surface area contributed by atoms with Crippen LogP contribution in [0.3, 0.4) is 0 Å². The predicted molar refractivity (Wildman–Crippen MR) is 124 cm³/mol. The molecule has 1 aliphatic carbocycles. The smallest absolute Gasteiger partial charge is 0.331 e. The number of rotatable bonds is 6. The van der Waals surface area contributed by atoms with E-state index in [-0.39, 0.29) is 18.0 Å². The molecule has 32 heavy (non-hydrogen) atoms. The molecule has 1 atom stereocenters. The van der Waals surface area contributed by atoms with Gasteiger partial charge < -0.3 is 20.8 Å². The van der Waals surface area contributed by atoms with Crippen LogP contribution in [0.4, 0.5) is 10.5 Å². The van der Waals surface area contributed by atoms with Gasteiger partial charge in [-0.15, -0.1) is 0 Å². The molecule has 7 heteroatoms. The van der Waals surface area contributed by atoms with Crippen LogP contribution in [0.25, 0.3) is 0 Å². The number of aryl methyl sites for hydroxylation is 1. The summed E-state index contributed by atoms with van der Waals surface area (Å²) in [5.41, 5.74) is 2.26. The first-order chi connectivity index (χ1) is 15.2. The van der Waals surface area contributed by atoms with Crippen LogP contribution in [-0.2, 0) is 16.0 Å². The number of carboxylic acid groups (broad SMARTS) is 2. The second-order valence-electron chi connectivity index (χ2n) is 7.74. The number of hydrogen-bond donors (Lipinski definition) is 4. The van der Waals surface area contributed by atoms with Crippen molar-refractivity contribution in [1.29, 1.82) is 0 Å². The first-order valence-corrected chi connectivity index (χ1v) is 10.2. The normalized spacial score (nSPS) is 16.8. The maximum atomic E-state index is 11.7. The van der Waals surface area contributed by atoms with Gasteiger partial charge in [0.05, 0.1) is 5.41 Å². The number of amides is 2. The van der Waals surface area contributed by atoms with Crippen molar-refractivity contribution < 1.29 is 24.6 Å². The zero-order valence-corrected chi connectivity index (χ0v) is 18.2. The van der Waals surface area contributed by atoms with Gasteiger partial charge in [-0.05, 0) is 44.4 Å². The van der Waals surface area contributed by atoms with Gasteiger partial charge in [-0.25, -0.2) is 9.59 Å². The Labute approximate surface area is 187 Å². The van der Waals surface area contributed by atoms with Crippen LogP contribution in [0.2, 0.25) is 0 Å². The van der Waals surface area contributed by atoms with E-state index in [1.807, 2.05) is 49.4 Å². The molecule has 7 nitrogen and oxygen atoms in total. The quantitative estimate of drug-likeness (QED) is 0.535. The minimum absolute atomic E-state index is 0.0359. The van der Waals surface area contributed by atoms with Crippen LogP contribution in [0.15, 0.2) is 78.4 Å². The highest BCUT2D eigenvalue weighted by atomic mass is 16.4. The van der Waals surface area contributed by atoms with Crippen molar-refractivity contribution >= 4 is 23.7 Å². The number of urea groups is 1. The third-order valence-electron chi connectivity index (χ3n) is 4.93. The molecule has 0 heterocycles. The zero-order chi connectivity index (χ0) is 23.6. The Balaban J connectivity index is 0.000000244. The largest absolute Gasteiger partial charge is 0.481 e. The number of benzene rings is 2. The van der Waals surface area contributed by atoms with Crippen molar-refractivity contribution in [2.24, 2.45) is 5.41 Å². The number of carbonyl (C=O) groups excluding carboxylic acids is 1. The molecule has 0 saturated heterocycles. The van der Waals surface area contributed by atoms with Gasteiger partial charge in [0.25, 0.3) is 0 Å². The lowest BCUT2D eigenvalue weighted by atomic mass is 9.80. The van der Waals surface area contributed by atoms with E-state index in [1.165, 1.54) is 36.3 Å². The molecule has 0 saturated carbocycles. The Morgan fingerprint density at radius 3 is 2.25 bits per heavy atom. The average Bonchev–Trinajstić information content (AvgIpc) is 2.76. The van der Waals surface area contributed by atoms with Gasteiger partial charge >= 0.3 is 18.0 Å². The van der Waals surface area contributed by atoms with E-state index in [0.29, 0.717) is 6.54 Å². The SMILES string of the molecule is CC1(C(=O)O)C=CC=C(C(=O)O)C1.Cc1ccc(NC(=O)NCCc2ccccc2)cc1. The number of carboxylic acids is 2. The molecule has 2 aromatic rings. The summed E-state index contributed by atoms with van der Waals surface area (Å²) in [5.74, 6) is -2.06. The molecule has 1 unspecified atom stereocenters. The molecule has 4 N–H and O–H groups in total. The van der Waals surface area contributed by atoms with E-state index >= 15 is 0 Å². The molecular formula is C25H28N2O5. The monoisotopic (exact) mass is 436 g/mol. The molecule has 2 aromatic carbocycles. The highest BCUT2D eigenvalue weighted by Gasteiger charge is 2.34. The second-order valence-corrected chi connectivity index (χ2v) is 7.74. The number of anilines is 1. The zero-order valence-electron chi connectivity index (χ0n) is 18.2. The summed E-state index contributed by atoms with van der Waals surface area (Å²) in [6.45, 7) is 4.15. The number of carbonyl (C=O) groups is 3. The average molecular weight is 437 g/mol. The van der Waals surface area contributed by atoms with Crippen LogP contribution >= 0.6 is 0 Å². The van der Waals surface area contributed by atoms with Crippen molar-refractivity contribution in [3.63, 3.8) is 0 Å². The van der Waals surface area contributed by atoms with E-state index in [0.717, 1.165) is 12.1 Å². The van der Waals surface area contributed by atoms with Gasteiger partial charge in [0.2, 0.25) is 0 Å². The highest BCUT2D eigenvalue weighted by molar-refractivity contribution is 5.90.